The van der Waals surface area contributed by atoms with E-state index in [4.69, 9.17) is 16.3 Å². The van der Waals surface area contributed by atoms with Gasteiger partial charge in [0.05, 0.1) is 35.4 Å². The minimum atomic E-state index is -3.72. The van der Waals surface area contributed by atoms with Crippen LogP contribution in [0.25, 0.3) is 0 Å². The van der Waals surface area contributed by atoms with Gasteiger partial charge in [-0.3, -0.25) is 4.68 Å². The molecule has 1 fully saturated rings. The lowest BCUT2D eigenvalue weighted by molar-refractivity contribution is -0.0891. The standard InChI is InChI=1S/C19H27ClN4O4S/c1-13(2)18-11-24(23-21-18)10-9-15-5-8-17(19(12-25)28-15)22-29(26,27)16-6-3-14(20)4-7-16/h3-4,6-7,11,13,15,17,19,22,25H,5,8-10,12H2,1-2H3/t15-,17+,19-/m0/s1. The SMILES string of the molecule is CC(C)c1cn(CC[C@@H]2CC[C@@H](NS(=O)(=O)c3ccc(Cl)cc3)[C@H](CO)O2)nn1. The van der Waals surface area contributed by atoms with Crippen molar-refractivity contribution >= 4 is 21.6 Å². The topological polar surface area (TPSA) is 106 Å². The normalized spacial score (nSPS) is 22.9. The molecular weight excluding hydrogens is 416 g/mol. The Labute approximate surface area is 176 Å². The summed E-state index contributed by atoms with van der Waals surface area (Å²) < 4.78 is 35.6. The average Bonchev–Trinajstić information content (AvgIpc) is 3.17. The lowest BCUT2D eigenvalue weighted by Gasteiger charge is -2.36. The van der Waals surface area contributed by atoms with Gasteiger partial charge in [0.15, 0.2) is 0 Å². The molecular formula is C19H27ClN4O4S. The Kier molecular flexibility index (Phi) is 7.28. The summed E-state index contributed by atoms with van der Waals surface area (Å²) in [6.45, 7) is 4.53. The molecule has 29 heavy (non-hydrogen) atoms. The molecule has 10 heteroatoms. The number of benzene rings is 1. The van der Waals surface area contributed by atoms with Crippen LogP contribution < -0.4 is 4.72 Å². The molecule has 2 aromatic rings. The number of aliphatic hydroxyl groups excluding tert-OH is 1. The molecule has 2 N–H and O–H groups in total. The van der Waals surface area contributed by atoms with Gasteiger partial charge in [0.2, 0.25) is 10.0 Å². The summed E-state index contributed by atoms with van der Waals surface area (Å²) in [4.78, 5) is 0.132. The van der Waals surface area contributed by atoms with E-state index in [0.717, 1.165) is 5.69 Å². The number of aliphatic hydroxyl groups is 1. The zero-order valence-corrected chi connectivity index (χ0v) is 18.1. The predicted molar refractivity (Wildman–Crippen MR) is 109 cm³/mol. The first kappa shape index (κ1) is 22.2. The largest absolute Gasteiger partial charge is 0.394 e. The van der Waals surface area contributed by atoms with Gasteiger partial charge in [-0.15, -0.1) is 5.10 Å². The van der Waals surface area contributed by atoms with Crippen molar-refractivity contribution in [2.75, 3.05) is 6.61 Å². The molecule has 0 amide bonds. The quantitative estimate of drug-likeness (QED) is 0.649. The van der Waals surface area contributed by atoms with Gasteiger partial charge < -0.3 is 9.84 Å². The van der Waals surface area contributed by atoms with E-state index in [1.54, 1.807) is 4.68 Å². The number of hydrogen-bond acceptors (Lipinski definition) is 6. The van der Waals surface area contributed by atoms with Gasteiger partial charge in [-0.1, -0.05) is 30.7 Å². The first-order chi connectivity index (χ1) is 13.8. The smallest absolute Gasteiger partial charge is 0.240 e. The number of aromatic nitrogens is 3. The molecule has 0 bridgehead atoms. The third-order valence-electron chi connectivity index (χ3n) is 5.05. The molecule has 0 aliphatic carbocycles. The monoisotopic (exact) mass is 442 g/mol. The Balaban J connectivity index is 1.56. The average molecular weight is 443 g/mol. The van der Waals surface area contributed by atoms with Crippen molar-refractivity contribution in [2.24, 2.45) is 0 Å². The summed E-state index contributed by atoms with van der Waals surface area (Å²) in [7, 11) is -3.72. The van der Waals surface area contributed by atoms with Crippen LogP contribution in [0.15, 0.2) is 35.4 Å². The summed E-state index contributed by atoms with van der Waals surface area (Å²) in [5.41, 5.74) is 0.944. The van der Waals surface area contributed by atoms with Crippen LogP contribution in [0.2, 0.25) is 5.02 Å². The Morgan fingerprint density at radius 1 is 1.31 bits per heavy atom. The van der Waals surface area contributed by atoms with Gasteiger partial charge in [-0.2, -0.15) is 0 Å². The lowest BCUT2D eigenvalue weighted by Crippen LogP contribution is -2.50. The minimum absolute atomic E-state index is 0.0739. The molecule has 2 heterocycles. The van der Waals surface area contributed by atoms with Crippen molar-refractivity contribution in [3.05, 3.63) is 41.2 Å². The van der Waals surface area contributed by atoms with Crippen LogP contribution in [0.4, 0.5) is 0 Å². The second kappa shape index (κ2) is 9.53. The molecule has 160 valence electrons. The molecule has 1 saturated heterocycles. The molecule has 1 aliphatic rings. The number of hydrogen-bond donors (Lipinski definition) is 2. The summed E-state index contributed by atoms with van der Waals surface area (Å²) in [6, 6.07) is 5.48. The summed E-state index contributed by atoms with van der Waals surface area (Å²) in [5, 5.41) is 18.5. The van der Waals surface area contributed by atoms with Crippen molar-refractivity contribution in [1.29, 1.82) is 0 Å². The van der Waals surface area contributed by atoms with Gasteiger partial charge >= 0.3 is 0 Å². The summed E-state index contributed by atoms with van der Waals surface area (Å²) >= 11 is 5.83. The molecule has 8 nitrogen and oxygen atoms in total. The van der Waals surface area contributed by atoms with Crippen molar-refractivity contribution in [1.82, 2.24) is 19.7 Å². The number of sulfonamides is 1. The fourth-order valence-corrected chi connectivity index (χ4v) is 4.75. The summed E-state index contributed by atoms with van der Waals surface area (Å²) in [5.74, 6) is 0.322. The lowest BCUT2D eigenvalue weighted by atomic mass is 9.98. The van der Waals surface area contributed by atoms with Crippen molar-refractivity contribution in [3.8, 4) is 0 Å². The van der Waals surface area contributed by atoms with Gasteiger partial charge in [-0.05, 0) is 49.4 Å². The van der Waals surface area contributed by atoms with Crippen molar-refractivity contribution < 1.29 is 18.3 Å². The van der Waals surface area contributed by atoms with Crippen LogP contribution >= 0.6 is 11.6 Å². The van der Waals surface area contributed by atoms with Crippen LogP contribution in [-0.2, 0) is 21.3 Å². The van der Waals surface area contributed by atoms with Crippen LogP contribution in [0, 0.1) is 0 Å². The van der Waals surface area contributed by atoms with Crippen LogP contribution in [0.5, 0.6) is 0 Å². The van der Waals surface area contributed by atoms with Gasteiger partial charge in [0, 0.05) is 17.8 Å². The van der Waals surface area contributed by atoms with Gasteiger partial charge in [0.25, 0.3) is 0 Å². The van der Waals surface area contributed by atoms with Crippen molar-refractivity contribution in [3.63, 3.8) is 0 Å². The number of rotatable bonds is 8. The Bertz CT molecular complexity index is 901. The fourth-order valence-electron chi connectivity index (χ4n) is 3.32. The maximum atomic E-state index is 12.6. The van der Waals surface area contributed by atoms with Crippen molar-refractivity contribution in [2.45, 2.75) is 68.7 Å². The zero-order valence-electron chi connectivity index (χ0n) is 16.5. The van der Waals surface area contributed by atoms with E-state index in [1.165, 1.54) is 24.3 Å². The number of nitrogens with one attached hydrogen (secondary N) is 1. The van der Waals surface area contributed by atoms with E-state index >= 15 is 0 Å². The second-order valence-corrected chi connectivity index (χ2v) is 9.74. The molecule has 0 radical (unpaired) electrons. The third-order valence-corrected chi connectivity index (χ3v) is 6.81. The highest BCUT2D eigenvalue weighted by molar-refractivity contribution is 7.89. The Morgan fingerprint density at radius 3 is 2.66 bits per heavy atom. The molecule has 1 aromatic heterocycles. The number of halogens is 1. The molecule has 1 aromatic carbocycles. The highest BCUT2D eigenvalue weighted by Crippen LogP contribution is 2.24. The molecule has 3 atom stereocenters. The molecule has 0 saturated carbocycles. The summed E-state index contributed by atoms with van der Waals surface area (Å²) in [6.07, 6.45) is 3.24. The molecule has 3 rings (SSSR count). The number of ether oxygens (including phenoxy) is 1. The predicted octanol–water partition coefficient (Wildman–Crippen LogP) is 2.33. The number of nitrogens with zero attached hydrogens (tertiary/aromatic N) is 3. The third kappa shape index (κ3) is 5.76. The number of aryl methyl sites for hydroxylation is 1. The Hall–Kier alpha value is -1.52. The van der Waals surface area contributed by atoms with E-state index in [-0.39, 0.29) is 17.6 Å². The van der Waals surface area contributed by atoms with Crippen LogP contribution in [0.1, 0.15) is 44.7 Å². The molecule has 1 aliphatic heterocycles. The highest BCUT2D eigenvalue weighted by Gasteiger charge is 2.33. The molecule has 0 unspecified atom stereocenters. The van der Waals surface area contributed by atoms with Gasteiger partial charge in [0.1, 0.15) is 0 Å². The van der Waals surface area contributed by atoms with E-state index in [2.05, 4.69) is 28.9 Å². The minimum Gasteiger partial charge on any atom is -0.394 e. The highest BCUT2D eigenvalue weighted by atomic mass is 35.5. The first-order valence-electron chi connectivity index (χ1n) is 9.72. The maximum Gasteiger partial charge on any atom is 0.240 e. The van der Waals surface area contributed by atoms with Crippen LogP contribution in [0.3, 0.4) is 0 Å². The fraction of sp³-hybridized carbons (Fsp3) is 0.579. The van der Waals surface area contributed by atoms with Gasteiger partial charge in [-0.25, -0.2) is 13.1 Å². The Morgan fingerprint density at radius 2 is 2.03 bits per heavy atom. The van der Waals surface area contributed by atoms with E-state index in [9.17, 15) is 13.5 Å². The molecule has 0 spiro atoms. The van der Waals surface area contributed by atoms with E-state index in [1.807, 2.05) is 6.20 Å². The zero-order chi connectivity index (χ0) is 21.0. The first-order valence-corrected chi connectivity index (χ1v) is 11.6. The van der Waals surface area contributed by atoms with Crippen LogP contribution in [-0.4, -0.2) is 53.4 Å². The van der Waals surface area contributed by atoms with E-state index < -0.39 is 22.2 Å². The second-order valence-electron chi connectivity index (χ2n) is 7.59. The maximum absolute atomic E-state index is 12.6. The van der Waals surface area contributed by atoms with E-state index in [0.29, 0.717) is 36.7 Å².